The van der Waals surface area contributed by atoms with E-state index in [1.165, 1.54) is 5.01 Å². The predicted octanol–water partition coefficient (Wildman–Crippen LogP) is 0.0764. The number of hydrogen-bond donors (Lipinski definition) is 2. The molecule has 4 heteroatoms. The van der Waals surface area contributed by atoms with Gasteiger partial charge in [0.15, 0.2) is 5.11 Å². The second-order valence-electron chi connectivity index (χ2n) is 1.62. The number of hydrogen-bond acceptors (Lipinski definition) is 2. The largest absolute Gasteiger partial charge is 0.362 e. The van der Waals surface area contributed by atoms with Gasteiger partial charge in [-0.2, -0.15) is 0 Å². The third-order valence-electron chi connectivity index (χ3n) is 0.930. The van der Waals surface area contributed by atoms with Crippen molar-refractivity contribution in [1.29, 1.82) is 0 Å². The Morgan fingerprint density at radius 3 is 2.56 bits per heavy atom. The molecule has 0 bridgehead atoms. The lowest BCUT2D eigenvalue weighted by Gasteiger charge is -2.16. The van der Waals surface area contributed by atoms with Crippen LogP contribution in [0.3, 0.4) is 0 Å². The minimum atomic E-state index is 0.611. The van der Waals surface area contributed by atoms with Gasteiger partial charge in [0.2, 0.25) is 0 Å². The normalized spacial score (nSPS) is 8.78. The quantitative estimate of drug-likeness (QED) is 0.330. The van der Waals surface area contributed by atoms with Crippen molar-refractivity contribution >= 4 is 17.3 Å². The minimum Gasteiger partial charge on any atom is -0.362 e. The molecule has 0 heterocycles. The molecule has 0 amide bonds. The molecule has 54 valence electrons. The molecule has 9 heavy (non-hydrogen) atoms. The molecule has 0 aromatic rings. The summed E-state index contributed by atoms with van der Waals surface area (Å²) in [4.78, 5) is 0. The van der Waals surface area contributed by atoms with Crippen molar-refractivity contribution in [3.05, 3.63) is 0 Å². The maximum atomic E-state index is 5.43. The van der Waals surface area contributed by atoms with Gasteiger partial charge < -0.3 is 5.32 Å². The Labute approximate surface area is 61.2 Å². The zero-order valence-corrected chi connectivity index (χ0v) is 6.66. The number of nitrogens with one attached hydrogen (secondary N) is 1. The Kier molecular flexibility index (Phi) is 4.35. The molecular formula is C5H13N3S. The molecule has 0 rings (SSSR count). The van der Waals surface area contributed by atoms with Gasteiger partial charge in [-0.05, 0) is 26.1 Å². The number of rotatable bonds is 2. The number of thiocarbonyl (C=S) groups is 1. The van der Waals surface area contributed by atoms with E-state index in [0.717, 1.165) is 13.1 Å². The summed E-state index contributed by atoms with van der Waals surface area (Å²) in [5, 5.41) is 5.04. The van der Waals surface area contributed by atoms with Crippen LogP contribution in [0.4, 0.5) is 0 Å². The molecular weight excluding hydrogens is 134 g/mol. The van der Waals surface area contributed by atoms with Crippen LogP contribution < -0.4 is 11.2 Å². The van der Waals surface area contributed by atoms with E-state index in [-0.39, 0.29) is 0 Å². The van der Waals surface area contributed by atoms with Crippen LogP contribution in [-0.2, 0) is 0 Å². The number of hydrazine groups is 1. The summed E-state index contributed by atoms with van der Waals surface area (Å²) in [5.41, 5.74) is 0. The van der Waals surface area contributed by atoms with Gasteiger partial charge in [0.05, 0.1) is 0 Å². The molecule has 0 fully saturated rings. The summed E-state index contributed by atoms with van der Waals surface area (Å²) in [6.07, 6.45) is 0. The monoisotopic (exact) mass is 147 g/mol. The summed E-state index contributed by atoms with van der Waals surface area (Å²) in [7, 11) is 0. The highest BCUT2D eigenvalue weighted by molar-refractivity contribution is 7.80. The molecule has 0 saturated heterocycles. The van der Waals surface area contributed by atoms with Crippen molar-refractivity contribution in [2.24, 2.45) is 5.84 Å². The first-order chi connectivity index (χ1) is 4.22. The molecule has 0 atom stereocenters. The van der Waals surface area contributed by atoms with E-state index < -0.39 is 0 Å². The molecule has 0 aliphatic carbocycles. The fraction of sp³-hybridized carbons (Fsp3) is 0.800. The van der Waals surface area contributed by atoms with Crippen molar-refractivity contribution in [2.45, 2.75) is 13.8 Å². The molecule has 3 nitrogen and oxygen atoms in total. The molecule has 0 spiro atoms. The van der Waals surface area contributed by atoms with E-state index >= 15 is 0 Å². The Balaban J connectivity index is 3.46. The fourth-order valence-corrected chi connectivity index (χ4v) is 0.670. The van der Waals surface area contributed by atoms with E-state index in [2.05, 4.69) is 5.32 Å². The summed E-state index contributed by atoms with van der Waals surface area (Å²) in [6, 6.07) is 0. The third-order valence-corrected chi connectivity index (χ3v) is 1.31. The van der Waals surface area contributed by atoms with Crippen LogP contribution in [0, 0.1) is 0 Å². The summed E-state index contributed by atoms with van der Waals surface area (Å²) < 4.78 is 0. The van der Waals surface area contributed by atoms with E-state index in [0.29, 0.717) is 5.11 Å². The minimum absolute atomic E-state index is 0.611. The summed E-state index contributed by atoms with van der Waals surface area (Å²) >= 11 is 4.86. The molecule has 0 aromatic carbocycles. The first-order valence-corrected chi connectivity index (χ1v) is 3.43. The average Bonchev–Trinajstić information content (AvgIpc) is 1.87. The van der Waals surface area contributed by atoms with Crippen LogP contribution in [0.15, 0.2) is 0 Å². The third kappa shape index (κ3) is 3.26. The molecule has 0 aliphatic heterocycles. The standard InChI is InChI=1S/C5H13N3S/c1-3-7-5(9)8(6)4-2/h3-4,6H2,1-2H3,(H,7,9). The van der Waals surface area contributed by atoms with Crippen LogP contribution in [0.25, 0.3) is 0 Å². The van der Waals surface area contributed by atoms with Crippen LogP contribution in [0.5, 0.6) is 0 Å². The number of nitrogens with zero attached hydrogens (tertiary/aromatic N) is 1. The molecule has 0 aromatic heterocycles. The lowest BCUT2D eigenvalue weighted by molar-refractivity contribution is 0.457. The van der Waals surface area contributed by atoms with Gasteiger partial charge in [0.1, 0.15) is 0 Å². The fourth-order valence-electron chi connectivity index (χ4n) is 0.396. The van der Waals surface area contributed by atoms with Crippen LogP contribution >= 0.6 is 12.2 Å². The lowest BCUT2D eigenvalue weighted by Crippen LogP contribution is -2.43. The summed E-state index contributed by atoms with van der Waals surface area (Å²) in [6.45, 7) is 5.50. The molecule has 0 radical (unpaired) electrons. The zero-order valence-electron chi connectivity index (χ0n) is 5.85. The maximum absolute atomic E-state index is 5.43. The summed E-state index contributed by atoms with van der Waals surface area (Å²) in [5.74, 6) is 5.43. The van der Waals surface area contributed by atoms with Crippen molar-refractivity contribution in [3.63, 3.8) is 0 Å². The van der Waals surface area contributed by atoms with E-state index in [1.54, 1.807) is 0 Å². The average molecular weight is 147 g/mol. The second kappa shape index (κ2) is 4.52. The van der Waals surface area contributed by atoms with Gasteiger partial charge >= 0.3 is 0 Å². The van der Waals surface area contributed by atoms with Crippen LogP contribution in [0.2, 0.25) is 0 Å². The van der Waals surface area contributed by atoms with Gasteiger partial charge in [-0.25, -0.2) is 5.84 Å². The van der Waals surface area contributed by atoms with E-state index in [1.807, 2.05) is 13.8 Å². The first kappa shape index (κ1) is 8.65. The van der Waals surface area contributed by atoms with Gasteiger partial charge in [-0.15, -0.1) is 0 Å². The Hall–Kier alpha value is -0.350. The van der Waals surface area contributed by atoms with E-state index in [4.69, 9.17) is 18.1 Å². The topological polar surface area (TPSA) is 41.3 Å². The van der Waals surface area contributed by atoms with Gasteiger partial charge in [0.25, 0.3) is 0 Å². The van der Waals surface area contributed by atoms with Gasteiger partial charge in [-0.1, -0.05) is 0 Å². The highest BCUT2D eigenvalue weighted by Crippen LogP contribution is 1.77. The van der Waals surface area contributed by atoms with Crippen molar-refractivity contribution < 1.29 is 0 Å². The smallest absolute Gasteiger partial charge is 0.183 e. The highest BCUT2D eigenvalue weighted by atomic mass is 32.1. The van der Waals surface area contributed by atoms with E-state index in [9.17, 15) is 0 Å². The highest BCUT2D eigenvalue weighted by Gasteiger charge is 1.96. The Morgan fingerprint density at radius 1 is 1.67 bits per heavy atom. The van der Waals surface area contributed by atoms with Crippen molar-refractivity contribution in [1.82, 2.24) is 10.3 Å². The van der Waals surface area contributed by atoms with Gasteiger partial charge in [0, 0.05) is 13.1 Å². The number of nitrogens with two attached hydrogens (primary N) is 1. The Morgan fingerprint density at radius 2 is 2.22 bits per heavy atom. The van der Waals surface area contributed by atoms with Crippen molar-refractivity contribution in [3.8, 4) is 0 Å². The molecule has 0 aliphatic rings. The Bertz CT molecular complexity index is 94.2. The second-order valence-corrected chi connectivity index (χ2v) is 2.01. The van der Waals surface area contributed by atoms with Crippen molar-refractivity contribution in [2.75, 3.05) is 13.1 Å². The van der Waals surface area contributed by atoms with Crippen LogP contribution in [-0.4, -0.2) is 23.2 Å². The molecule has 0 saturated carbocycles. The SMILES string of the molecule is CCNC(=S)N(N)CC. The van der Waals surface area contributed by atoms with Crippen LogP contribution in [0.1, 0.15) is 13.8 Å². The maximum Gasteiger partial charge on any atom is 0.183 e. The van der Waals surface area contributed by atoms with Gasteiger partial charge in [-0.3, -0.25) is 5.01 Å². The molecule has 3 N–H and O–H groups in total. The zero-order chi connectivity index (χ0) is 7.28. The molecule has 0 unspecified atom stereocenters. The first-order valence-electron chi connectivity index (χ1n) is 3.02. The lowest BCUT2D eigenvalue weighted by atomic mass is 10.7. The predicted molar refractivity (Wildman–Crippen MR) is 42.8 cm³/mol.